The zero-order valence-electron chi connectivity index (χ0n) is 30.8. The molecule has 3 aliphatic carbocycles. The number of benzene rings is 5. The van der Waals surface area contributed by atoms with Gasteiger partial charge in [0.05, 0.1) is 38.6 Å². The second kappa shape index (κ2) is 11.3. The molecular formula is C50H36N6. The lowest BCUT2D eigenvalue weighted by Crippen LogP contribution is -2.09. The zero-order chi connectivity index (χ0) is 36.5. The number of allylic oxidation sites excluding steroid dienone is 3. The summed E-state index contributed by atoms with van der Waals surface area (Å²) in [7, 11) is 0. The quantitative estimate of drug-likeness (QED) is 0.178. The van der Waals surface area contributed by atoms with E-state index in [1.807, 2.05) is 0 Å². The van der Waals surface area contributed by atoms with Crippen LogP contribution in [0.5, 0.6) is 0 Å². The molecule has 0 unspecified atom stereocenters. The van der Waals surface area contributed by atoms with E-state index < -0.39 is 0 Å². The van der Waals surface area contributed by atoms with Crippen LogP contribution in [0.15, 0.2) is 127 Å². The highest BCUT2D eigenvalue weighted by atomic mass is 15.1. The fraction of sp³-hybridized carbons (Fsp3) is 0.120. The van der Waals surface area contributed by atoms with Crippen LogP contribution in [0.25, 0.3) is 95.7 Å². The number of hydrogen-bond donors (Lipinski definition) is 0. The molecule has 0 bridgehead atoms. The third-order valence-electron chi connectivity index (χ3n) is 12.5. The van der Waals surface area contributed by atoms with Gasteiger partial charge >= 0.3 is 0 Å². The minimum Gasteiger partial charge on any atom is -0.313 e. The average Bonchev–Trinajstić information content (AvgIpc) is 4.00. The molecule has 6 nitrogen and oxygen atoms in total. The molecule has 0 saturated carbocycles. The van der Waals surface area contributed by atoms with Crippen molar-refractivity contribution in [2.45, 2.75) is 38.5 Å². The SMILES string of the molecule is C1=Cc2c(n(-c3ccc4c(c3)nc3c5c(n6c(nc7cc(-n8c9ccccc9c9ccccc98)ccc76)c6c(n34)CCC=C6)CCC=C5)c3ccccc23)CC1. The molecule has 0 saturated heterocycles. The fourth-order valence-electron chi connectivity index (χ4n) is 10.2. The lowest BCUT2D eigenvalue weighted by atomic mass is 10.0. The minimum atomic E-state index is 0.911. The summed E-state index contributed by atoms with van der Waals surface area (Å²) in [6, 6.07) is 40.0. The Morgan fingerprint density at radius 2 is 0.839 bits per heavy atom. The second-order valence-corrected chi connectivity index (χ2v) is 15.5. The van der Waals surface area contributed by atoms with Gasteiger partial charge in [-0.05, 0) is 93.1 Å². The van der Waals surface area contributed by atoms with Gasteiger partial charge < -0.3 is 9.13 Å². The Hall–Kier alpha value is -6.92. The van der Waals surface area contributed by atoms with Gasteiger partial charge in [-0.3, -0.25) is 8.80 Å². The van der Waals surface area contributed by atoms with Gasteiger partial charge in [0.25, 0.3) is 0 Å². The number of para-hydroxylation sites is 3. The molecule has 0 radical (unpaired) electrons. The number of nitrogens with zero attached hydrogens (tertiary/aromatic N) is 6. The second-order valence-electron chi connectivity index (χ2n) is 15.5. The van der Waals surface area contributed by atoms with Crippen LogP contribution in [0.4, 0.5) is 0 Å². The van der Waals surface area contributed by atoms with Crippen molar-refractivity contribution in [3.05, 3.63) is 161 Å². The first-order chi connectivity index (χ1) is 27.8. The van der Waals surface area contributed by atoms with E-state index in [0.717, 1.165) is 77.6 Å². The molecule has 0 fully saturated rings. The summed E-state index contributed by atoms with van der Waals surface area (Å²) in [4.78, 5) is 11.1. The van der Waals surface area contributed by atoms with E-state index in [-0.39, 0.29) is 0 Å². The topological polar surface area (TPSA) is 44.5 Å². The van der Waals surface area contributed by atoms with Gasteiger partial charge in [0.15, 0.2) is 0 Å². The molecule has 5 aromatic heterocycles. The normalized spacial score (nSPS) is 14.9. The van der Waals surface area contributed by atoms with Gasteiger partial charge in [0.2, 0.25) is 0 Å². The summed E-state index contributed by atoms with van der Waals surface area (Å²) in [5.74, 6) is 0. The van der Waals surface area contributed by atoms with Crippen molar-refractivity contribution in [1.29, 1.82) is 0 Å². The molecule has 0 spiro atoms. The standard InChI is InChI=1S/C50H36N6/c1-7-19-41-33(13-1)34-14-2-8-20-42(34)53(41)31-25-27-47-39(29-31)51-49-37-17-5-12-24-46(37)56-48-28-26-32(30-40(48)52-50(56)38-18-6-11-23-45(38)55(47)49)54-43-21-9-3-15-35(43)36-16-4-10-22-44(36)54/h1-9,13-21,25-30H,10-12,22-24H2. The lowest BCUT2D eigenvalue weighted by molar-refractivity contribution is 0.881. The predicted molar refractivity (Wildman–Crippen MR) is 231 cm³/mol. The third-order valence-corrected chi connectivity index (χ3v) is 12.5. The minimum absolute atomic E-state index is 0.911. The Kier molecular flexibility index (Phi) is 6.14. The maximum atomic E-state index is 5.57. The molecule has 266 valence electrons. The lowest BCUT2D eigenvalue weighted by Gasteiger charge is -2.18. The van der Waals surface area contributed by atoms with Gasteiger partial charge in [0.1, 0.15) is 11.3 Å². The Morgan fingerprint density at radius 3 is 1.39 bits per heavy atom. The van der Waals surface area contributed by atoms with Crippen LogP contribution in [0.1, 0.15) is 53.0 Å². The third kappa shape index (κ3) is 4.05. The van der Waals surface area contributed by atoms with Crippen molar-refractivity contribution in [3.63, 3.8) is 0 Å². The van der Waals surface area contributed by atoms with Gasteiger partial charge in [0, 0.05) is 61.3 Å². The summed E-state index contributed by atoms with van der Waals surface area (Å²) in [6.07, 6.45) is 19.7. The molecule has 5 aromatic carbocycles. The van der Waals surface area contributed by atoms with Crippen molar-refractivity contribution < 1.29 is 0 Å². The van der Waals surface area contributed by atoms with Gasteiger partial charge in [-0.15, -0.1) is 0 Å². The molecule has 10 aromatic rings. The Labute approximate surface area is 322 Å². The number of imidazole rings is 2. The van der Waals surface area contributed by atoms with Crippen molar-refractivity contribution >= 4 is 84.3 Å². The molecule has 0 atom stereocenters. The summed E-state index contributed by atoms with van der Waals surface area (Å²) in [5, 5.41) is 3.84. The Bertz CT molecular complexity index is 3430. The largest absolute Gasteiger partial charge is 0.313 e. The molecule has 13 rings (SSSR count). The van der Waals surface area contributed by atoms with Gasteiger partial charge in [-0.1, -0.05) is 91.1 Å². The molecule has 56 heavy (non-hydrogen) atoms. The van der Waals surface area contributed by atoms with Crippen LogP contribution in [-0.2, 0) is 19.3 Å². The van der Waals surface area contributed by atoms with Gasteiger partial charge in [-0.2, -0.15) is 0 Å². The molecule has 0 amide bonds. The van der Waals surface area contributed by atoms with Gasteiger partial charge in [-0.25, -0.2) is 9.97 Å². The monoisotopic (exact) mass is 720 g/mol. The van der Waals surface area contributed by atoms with E-state index in [1.54, 1.807) is 0 Å². The van der Waals surface area contributed by atoms with E-state index in [4.69, 9.17) is 9.97 Å². The first-order valence-corrected chi connectivity index (χ1v) is 19.9. The van der Waals surface area contributed by atoms with Crippen molar-refractivity contribution in [1.82, 2.24) is 27.9 Å². The maximum absolute atomic E-state index is 5.57. The predicted octanol–water partition coefficient (Wildman–Crippen LogP) is 11.8. The van der Waals surface area contributed by atoms with Crippen molar-refractivity contribution in [2.75, 3.05) is 0 Å². The molecular weight excluding hydrogens is 685 g/mol. The smallest absolute Gasteiger partial charge is 0.147 e. The number of rotatable bonds is 2. The molecule has 0 N–H and O–H groups in total. The summed E-state index contributed by atoms with van der Waals surface area (Å²) < 4.78 is 9.77. The molecule has 5 heterocycles. The van der Waals surface area contributed by atoms with E-state index in [0.29, 0.717) is 0 Å². The van der Waals surface area contributed by atoms with Crippen LogP contribution >= 0.6 is 0 Å². The Morgan fingerprint density at radius 1 is 0.393 bits per heavy atom. The van der Waals surface area contributed by atoms with E-state index >= 15 is 0 Å². The van der Waals surface area contributed by atoms with Crippen LogP contribution in [0.3, 0.4) is 0 Å². The highest BCUT2D eigenvalue weighted by molar-refractivity contribution is 6.09. The van der Waals surface area contributed by atoms with Crippen LogP contribution in [0, 0.1) is 0 Å². The molecule has 3 aliphatic rings. The Balaban J connectivity index is 1.10. The summed E-state index contributed by atoms with van der Waals surface area (Å²) >= 11 is 0. The summed E-state index contributed by atoms with van der Waals surface area (Å²) in [6.45, 7) is 0. The highest BCUT2D eigenvalue weighted by Gasteiger charge is 2.25. The zero-order valence-corrected chi connectivity index (χ0v) is 30.8. The highest BCUT2D eigenvalue weighted by Crippen LogP contribution is 2.38. The van der Waals surface area contributed by atoms with E-state index in [2.05, 4.69) is 164 Å². The number of fused-ring (bicyclic) bond motifs is 18. The van der Waals surface area contributed by atoms with Crippen LogP contribution in [0.2, 0.25) is 0 Å². The fourth-order valence-corrected chi connectivity index (χ4v) is 10.2. The first-order valence-electron chi connectivity index (χ1n) is 19.9. The van der Waals surface area contributed by atoms with Crippen molar-refractivity contribution in [2.24, 2.45) is 0 Å². The number of aromatic nitrogens is 6. The number of aryl methyl sites for hydroxylation is 2. The molecule has 6 heteroatoms. The average molecular weight is 721 g/mol. The summed E-state index contributed by atoms with van der Waals surface area (Å²) in [5.41, 5.74) is 19.9. The van der Waals surface area contributed by atoms with Crippen molar-refractivity contribution in [3.8, 4) is 11.4 Å². The van der Waals surface area contributed by atoms with Crippen LogP contribution in [-0.4, -0.2) is 27.9 Å². The number of hydrogen-bond acceptors (Lipinski definition) is 2. The first kappa shape index (κ1) is 30.4. The molecule has 0 aliphatic heterocycles. The van der Waals surface area contributed by atoms with E-state index in [1.165, 1.54) is 72.2 Å². The van der Waals surface area contributed by atoms with Crippen LogP contribution < -0.4 is 0 Å². The van der Waals surface area contributed by atoms with E-state index in [9.17, 15) is 0 Å². The maximum Gasteiger partial charge on any atom is 0.147 e.